The van der Waals surface area contributed by atoms with E-state index in [9.17, 15) is 0 Å². The first-order chi connectivity index (χ1) is 9.58. The largest absolute Gasteiger partial charge is 0.348 e. The van der Waals surface area contributed by atoms with Gasteiger partial charge in [0.25, 0.3) is 0 Å². The highest BCUT2D eigenvalue weighted by molar-refractivity contribution is 7.15. The average Bonchev–Trinajstić information content (AvgIpc) is 2.63. The minimum atomic E-state index is 0.510. The van der Waals surface area contributed by atoms with Crippen LogP contribution in [0.2, 0.25) is 0 Å². The molecule has 0 spiro atoms. The Bertz CT molecular complexity index is 404. The Morgan fingerprint density at radius 1 is 1.10 bits per heavy atom. The summed E-state index contributed by atoms with van der Waals surface area (Å²) in [6, 6.07) is 0.527. The molecule has 0 saturated carbocycles. The summed E-state index contributed by atoms with van der Waals surface area (Å²) >= 11 is 1.90. The van der Waals surface area contributed by atoms with E-state index in [0.717, 1.165) is 6.54 Å². The second kappa shape index (κ2) is 7.41. The summed E-state index contributed by atoms with van der Waals surface area (Å²) in [6.07, 6.45) is 5.38. The number of hydrogen-bond donors (Lipinski definition) is 1. The molecule has 4 heteroatoms. The summed E-state index contributed by atoms with van der Waals surface area (Å²) in [4.78, 5) is 8.88. The van der Waals surface area contributed by atoms with Crippen LogP contribution < -0.4 is 10.2 Å². The maximum absolute atomic E-state index is 4.96. The van der Waals surface area contributed by atoms with Gasteiger partial charge in [-0.2, -0.15) is 0 Å². The molecule has 3 nitrogen and oxygen atoms in total. The van der Waals surface area contributed by atoms with E-state index >= 15 is 0 Å². The second-order valence-corrected chi connectivity index (χ2v) is 7.46. The van der Waals surface area contributed by atoms with Gasteiger partial charge in [0.15, 0.2) is 5.13 Å². The van der Waals surface area contributed by atoms with Crippen LogP contribution in [-0.4, -0.2) is 24.1 Å². The molecule has 1 aromatic heterocycles. The third kappa shape index (κ3) is 4.19. The van der Waals surface area contributed by atoms with Gasteiger partial charge in [-0.15, -0.1) is 11.3 Å². The first-order valence-corrected chi connectivity index (χ1v) is 8.87. The monoisotopic (exact) mass is 295 g/mol. The van der Waals surface area contributed by atoms with Gasteiger partial charge in [0.1, 0.15) is 0 Å². The highest BCUT2D eigenvalue weighted by Crippen LogP contribution is 2.32. The number of nitrogens with one attached hydrogen (secondary N) is 1. The molecule has 0 aliphatic carbocycles. The summed E-state index contributed by atoms with van der Waals surface area (Å²) < 4.78 is 0. The first-order valence-electron chi connectivity index (χ1n) is 8.06. The lowest BCUT2D eigenvalue weighted by atomic mass is 10.1. The fraction of sp³-hybridized carbons (Fsp3) is 0.812. The van der Waals surface area contributed by atoms with Gasteiger partial charge in [-0.1, -0.05) is 40.5 Å². The molecule has 0 radical (unpaired) electrons. The summed E-state index contributed by atoms with van der Waals surface area (Å²) in [5, 5.41) is 4.78. The third-order valence-electron chi connectivity index (χ3n) is 3.81. The Morgan fingerprint density at radius 2 is 1.75 bits per heavy atom. The van der Waals surface area contributed by atoms with E-state index in [1.54, 1.807) is 0 Å². The zero-order valence-corrected chi connectivity index (χ0v) is 14.2. The van der Waals surface area contributed by atoms with Gasteiger partial charge < -0.3 is 10.2 Å². The van der Waals surface area contributed by atoms with Crippen molar-refractivity contribution in [2.75, 3.05) is 18.0 Å². The minimum absolute atomic E-state index is 0.510. The molecule has 1 aliphatic rings. The molecule has 1 aliphatic heterocycles. The van der Waals surface area contributed by atoms with Gasteiger partial charge >= 0.3 is 0 Å². The van der Waals surface area contributed by atoms with Gasteiger partial charge in [0.2, 0.25) is 0 Å². The molecule has 1 aromatic rings. The molecular weight excluding hydrogens is 266 g/mol. The molecule has 0 amide bonds. The molecule has 0 atom stereocenters. The summed E-state index contributed by atoms with van der Waals surface area (Å²) in [5.41, 5.74) is 1.29. The number of rotatable bonds is 5. The lowest BCUT2D eigenvalue weighted by Crippen LogP contribution is -2.23. The summed E-state index contributed by atoms with van der Waals surface area (Å²) in [5.74, 6) is 0.510. The van der Waals surface area contributed by atoms with Crippen molar-refractivity contribution < 1.29 is 0 Å². The van der Waals surface area contributed by atoms with Crippen LogP contribution >= 0.6 is 11.3 Å². The lowest BCUT2D eigenvalue weighted by molar-refractivity contribution is 0.588. The predicted octanol–water partition coefficient (Wildman–Crippen LogP) is 4.14. The quantitative estimate of drug-likeness (QED) is 0.884. The fourth-order valence-electron chi connectivity index (χ4n) is 2.62. The van der Waals surface area contributed by atoms with Crippen LogP contribution in [0.1, 0.15) is 69.9 Å². The van der Waals surface area contributed by atoms with Crippen molar-refractivity contribution in [2.45, 2.75) is 71.9 Å². The van der Waals surface area contributed by atoms with E-state index in [-0.39, 0.29) is 0 Å². The number of nitrogens with zero attached hydrogens (tertiary/aromatic N) is 2. The smallest absolute Gasteiger partial charge is 0.185 e. The van der Waals surface area contributed by atoms with Gasteiger partial charge in [-0.25, -0.2) is 4.98 Å². The lowest BCUT2D eigenvalue weighted by Gasteiger charge is -2.18. The molecule has 0 unspecified atom stereocenters. The first kappa shape index (κ1) is 15.8. The zero-order chi connectivity index (χ0) is 14.5. The van der Waals surface area contributed by atoms with Crippen LogP contribution in [0.4, 0.5) is 5.13 Å². The molecule has 114 valence electrons. The molecule has 2 rings (SSSR count). The number of aromatic nitrogens is 1. The molecular formula is C16H29N3S. The molecule has 1 N–H and O–H groups in total. The number of anilines is 1. The maximum Gasteiger partial charge on any atom is 0.185 e. The van der Waals surface area contributed by atoms with E-state index in [0.29, 0.717) is 12.0 Å². The second-order valence-electron chi connectivity index (χ2n) is 6.40. The van der Waals surface area contributed by atoms with E-state index < -0.39 is 0 Å². The highest BCUT2D eigenvalue weighted by atomic mass is 32.1. The molecule has 1 fully saturated rings. The molecule has 0 bridgehead atoms. The summed E-state index contributed by atoms with van der Waals surface area (Å²) in [7, 11) is 0. The van der Waals surface area contributed by atoms with Crippen LogP contribution in [-0.2, 0) is 6.54 Å². The standard InChI is InChI=1S/C16H29N3S/c1-12(2)15-14(11-17-13(3)4)20-16(18-15)19-9-7-5-6-8-10-19/h12-13,17H,5-11H2,1-4H3. The van der Waals surface area contributed by atoms with Gasteiger partial charge in [-0.3, -0.25) is 0 Å². The van der Waals surface area contributed by atoms with Crippen molar-refractivity contribution in [2.24, 2.45) is 0 Å². The van der Waals surface area contributed by atoms with Crippen LogP contribution in [0.25, 0.3) is 0 Å². The Morgan fingerprint density at radius 3 is 2.30 bits per heavy atom. The Kier molecular flexibility index (Phi) is 5.85. The van der Waals surface area contributed by atoms with Crippen molar-refractivity contribution in [3.05, 3.63) is 10.6 Å². The van der Waals surface area contributed by atoms with E-state index in [4.69, 9.17) is 4.98 Å². The minimum Gasteiger partial charge on any atom is -0.348 e. The van der Waals surface area contributed by atoms with Crippen LogP contribution in [0, 0.1) is 0 Å². The van der Waals surface area contributed by atoms with Crippen molar-refractivity contribution >= 4 is 16.5 Å². The van der Waals surface area contributed by atoms with Crippen molar-refractivity contribution in [1.29, 1.82) is 0 Å². The van der Waals surface area contributed by atoms with E-state index in [1.807, 2.05) is 11.3 Å². The summed E-state index contributed by atoms with van der Waals surface area (Å²) in [6.45, 7) is 12.2. The van der Waals surface area contributed by atoms with Crippen LogP contribution in [0.3, 0.4) is 0 Å². The van der Waals surface area contributed by atoms with E-state index in [2.05, 4.69) is 37.9 Å². The van der Waals surface area contributed by atoms with Crippen LogP contribution in [0.5, 0.6) is 0 Å². The molecule has 2 heterocycles. The van der Waals surface area contributed by atoms with Crippen molar-refractivity contribution in [3.63, 3.8) is 0 Å². The van der Waals surface area contributed by atoms with Crippen molar-refractivity contribution in [1.82, 2.24) is 10.3 Å². The van der Waals surface area contributed by atoms with Gasteiger partial charge in [0.05, 0.1) is 5.69 Å². The van der Waals surface area contributed by atoms with Crippen LogP contribution in [0.15, 0.2) is 0 Å². The maximum atomic E-state index is 4.96. The topological polar surface area (TPSA) is 28.2 Å². The van der Waals surface area contributed by atoms with Crippen molar-refractivity contribution in [3.8, 4) is 0 Å². The average molecular weight is 295 g/mol. The Labute approximate surface area is 127 Å². The predicted molar refractivity (Wildman–Crippen MR) is 88.9 cm³/mol. The SMILES string of the molecule is CC(C)NCc1sc(N2CCCCCC2)nc1C(C)C. The molecule has 20 heavy (non-hydrogen) atoms. The number of hydrogen-bond acceptors (Lipinski definition) is 4. The molecule has 1 saturated heterocycles. The zero-order valence-electron chi connectivity index (χ0n) is 13.4. The Hall–Kier alpha value is -0.610. The van der Waals surface area contributed by atoms with Gasteiger partial charge in [-0.05, 0) is 18.8 Å². The third-order valence-corrected chi connectivity index (χ3v) is 4.94. The number of thiazole rings is 1. The molecule has 0 aromatic carbocycles. The Balaban J connectivity index is 2.14. The normalized spacial score (nSPS) is 17.0. The van der Waals surface area contributed by atoms with Gasteiger partial charge in [0, 0.05) is 30.6 Å². The highest BCUT2D eigenvalue weighted by Gasteiger charge is 2.19. The fourth-order valence-corrected chi connectivity index (χ4v) is 3.84. The van der Waals surface area contributed by atoms with E-state index in [1.165, 1.54) is 54.5 Å².